The maximum atomic E-state index is 12.8. The Balaban J connectivity index is 1.55. The minimum Gasteiger partial charge on any atom is -0.477 e. The molecule has 4 N–H and O–H groups in total. The molecule has 1 aromatic heterocycles. The third-order valence-corrected chi connectivity index (χ3v) is 6.45. The summed E-state index contributed by atoms with van der Waals surface area (Å²) in [6, 6.07) is 17.0. The topological polar surface area (TPSA) is 145 Å². The number of aromatic amines is 1. The van der Waals surface area contributed by atoms with Crippen LogP contribution >= 0.6 is 0 Å². The summed E-state index contributed by atoms with van der Waals surface area (Å²) in [4.78, 5) is 38.5. The van der Waals surface area contributed by atoms with E-state index >= 15 is 0 Å². The molecule has 4 rings (SSSR count). The monoisotopic (exact) mass is 477 g/mol. The number of anilines is 2. The largest absolute Gasteiger partial charge is 0.477 e. The molecule has 0 saturated heterocycles. The lowest BCUT2D eigenvalue weighted by molar-refractivity contribution is 0.0695. The summed E-state index contributed by atoms with van der Waals surface area (Å²) in [6.07, 6.45) is 1.07. The summed E-state index contributed by atoms with van der Waals surface area (Å²) in [5, 5.41) is 11.8. The summed E-state index contributed by atoms with van der Waals surface area (Å²) < 4.78 is 28.1. The molecule has 0 radical (unpaired) electrons. The minimum absolute atomic E-state index is 0.0639. The second-order valence-corrected chi connectivity index (χ2v) is 9.23. The number of nitrogens with one attached hydrogen (secondary N) is 3. The van der Waals surface area contributed by atoms with Crippen molar-refractivity contribution in [2.45, 2.75) is 11.8 Å². The number of carboxylic acids is 1. The Bertz CT molecular complexity index is 1590. The first-order valence-corrected chi connectivity index (χ1v) is 11.5. The molecule has 3 aromatic carbocycles. The third kappa shape index (κ3) is 4.66. The van der Waals surface area contributed by atoms with Crippen molar-refractivity contribution in [1.82, 2.24) is 4.98 Å². The number of fused-ring (bicyclic) bond motifs is 1. The highest BCUT2D eigenvalue weighted by atomic mass is 32.2. The van der Waals surface area contributed by atoms with Gasteiger partial charge in [0, 0.05) is 34.0 Å². The van der Waals surface area contributed by atoms with Gasteiger partial charge in [-0.3, -0.25) is 14.3 Å². The van der Waals surface area contributed by atoms with Gasteiger partial charge in [0.25, 0.3) is 15.9 Å². The molecule has 0 aliphatic heterocycles. The molecule has 10 heteroatoms. The van der Waals surface area contributed by atoms with Gasteiger partial charge in [0.1, 0.15) is 5.56 Å². The molecular weight excluding hydrogens is 458 g/mol. The minimum atomic E-state index is -4.09. The Morgan fingerprint density at radius 1 is 0.941 bits per heavy atom. The summed E-state index contributed by atoms with van der Waals surface area (Å²) in [5.74, 6) is -1.76. The van der Waals surface area contributed by atoms with Crippen LogP contribution in [0.2, 0.25) is 0 Å². The van der Waals surface area contributed by atoms with Crippen molar-refractivity contribution in [2.24, 2.45) is 0 Å². The maximum absolute atomic E-state index is 12.8. The van der Waals surface area contributed by atoms with Gasteiger partial charge in [0.2, 0.25) is 5.43 Å². The fourth-order valence-corrected chi connectivity index (χ4v) is 4.44. The number of sulfonamides is 1. The summed E-state index contributed by atoms with van der Waals surface area (Å²) >= 11 is 0. The highest BCUT2D eigenvalue weighted by Crippen LogP contribution is 2.20. The molecule has 0 aliphatic carbocycles. The zero-order valence-corrected chi connectivity index (χ0v) is 18.6. The second kappa shape index (κ2) is 8.83. The average Bonchev–Trinajstić information content (AvgIpc) is 2.79. The van der Waals surface area contributed by atoms with Gasteiger partial charge in [-0.25, -0.2) is 13.2 Å². The number of H-pyrrole nitrogens is 1. The van der Waals surface area contributed by atoms with Gasteiger partial charge in [-0.15, -0.1) is 0 Å². The predicted octanol–water partition coefficient (Wildman–Crippen LogP) is 3.59. The van der Waals surface area contributed by atoms with Crippen LogP contribution < -0.4 is 15.5 Å². The van der Waals surface area contributed by atoms with Gasteiger partial charge in [-0.05, 0) is 67.1 Å². The zero-order valence-electron chi connectivity index (χ0n) is 17.8. The van der Waals surface area contributed by atoms with Crippen LogP contribution in [0.1, 0.15) is 26.3 Å². The molecule has 1 amide bonds. The van der Waals surface area contributed by atoms with E-state index in [0.717, 1.165) is 17.8 Å². The molecule has 172 valence electrons. The number of carbonyl (C=O) groups is 2. The van der Waals surface area contributed by atoms with Crippen LogP contribution in [0, 0.1) is 6.92 Å². The Labute approximate surface area is 194 Å². The molecule has 34 heavy (non-hydrogen) atoms. The molecule has 9 nitrogen and oxygen atoms in total. The SMILES string of the molecule is Cc1cccc(NC(=O)c2ccc(NS(=O)(=O)c3ccc4[nH]cc(C(=O)O)c(=O)c4c3)cc2)c1. The highest BCUT2D eigenvalue weighted by molar-refractivity contribution is 7.92. The van der Waals surface area contributed by atoms with Crippen LogP contribution in [0.15, 0.2) is 82.6 Å². The lowest BCUT2D eigenvalue weighted by Crippen LogP contribution is -2.17. The van der Waals surface area contributed by atoms with E-state index < -0.39 is 27.0 Å². The van der Waals surface area contributed by atoms with Crippen molar-refractivity contribution >= 4 is 44.2 Å². The molecule has 0 aliphatic rings. The number of hydrogen-bond acceptors (Lipinski definition) is 5. The van der Waals surface area contributed by atoms with E-state index in [0.29, 0.717) is 16.8 Å². The van der Waals surface area contributed by atoms with Crippen LogP contribution in [0.3, 0.4) is 0 Å². The molecule has 4 aromatic rings. The van der Waals surface area contributed by atoms with Crippen LogP contribution in [-0.4, -0.2) is 30.4 Å². The van der Waals surface area contributed by atoms with Crippen molar-refractivity contribution < 1.29 is 23.1 Å². The van der Waals surface area contributed by atoms with E-state index in [9.17, 15) is 22.8 Å². The number of pyridine rings is 1. The van der Waals surface area contributed by atoms with Gasteiger partial charge < -0.3 is 15.4 Å². The first kappa shape index (κ1) is 22.7. The Morgan fingerprint density at radius 3 is 2.35 bits per heavy atom. The van der Waals surface area contributed by atoms with Crippen molar-refractivity contribution in [3.05, 3.63) is 99.8 Å². The Morgan fingerprint density at radius 2 is 1.68 bits per heavy atom. The number of rotatable bonds is 6. The van der Waals surface area contributed by atoms with Gasteiger partial charge in [0.05, 0.1) is 4.90 Å². The molecule has 0 atom stereocenters. The number of benzene rings is 3. The van der Waals surface area contributed by atoms with Crippen LogP contribution in [-0.2, 0) is 10.0 Å². The molecule has 0 spiro atoms. The van der Waals surface area contributed by atoms with Gasteiger partial charge >= 0.3 is 5.97 Å². The molecule has 0 unspecified atom stereocenters. The van der Waals surface area contributed by atoms with E-state index in [1.165, 1.54) is 36.4 Å². The standard InChI is InChI=1S/C24H19N3O6S/c1-14-3-2-4-17(11-14)26-23(29)15-5-7-16(8-6-15)27-34(32,33)18-9-10-21-19(12-18)22(28)20(13-25-21)24(30)31/h2-13,27H,1H3,(H,25,28)(H,26,29)(H,30,31). The number of carbonyl (C=O) groups excluding carboxylic acids is 1. The number of aryl methyl sites for hydroxylation is 1. The number of aromatic nitrogens is 1. The lowest BCUT2D eigenvalue weighted by atomic mass is 10.1. The van der Waals surface area contributed by atoms with Gasteiger partial charge in [0.15, 0.2) is 0 Å². The van der Waals surface area contributed by atoms with E-state index in [2.05, 4.69) is 15.0 Å². The van der Waals surface area contributed by atoms with E-state index in [4.69, 9.17) is 5.11 Å². The van der Waals surface area contributed by atoms with Crippen molar-refractivity contribution in [1.29, 1.82) is 0 Å². The molecule has 0 fully saturated rings. The van der Waals surface area contributed by atoms with Crippen molar-refractivity contribution in [3.8, 4) is 0 Å². The molecule has 0 saturated carbocycles. The van der Waals surface area contributed by atoms with Crippen LogP contribution in [0.25, 0.3) is 10.9 Å². The second-order valence-electron chi connectivity index (χ2n) is 7.55. The molecular formula is C24H19N3O6S. The number of aromatic carboxylic acids is 1. The summed E-state index contributed by atoms with van der Waals surface area (Å²) in [6.45, 7) is 1.91. The first-order chi connectivity index (χ1) is 16.1. The van der Waals surface area contributed by atoms with Crippen molar-refractivity contribution in [2.75, 3.05) is 10.0 Å². The normalized spacial score (nSPS) is 11.2. The van der Waals surface area contributed by atoms with Crippen LogP contribution in [0.4, 0.5) is 11.4 Å². The van der Waals surface area contributed by atoms with E-state index in [1.54, 1.807) is 6.07 Å². The number of amides is 1. The average molecular weight is 477 g/mol. The highest BCUT2D eigenvalue weighted by Gasteiger charge is 2.18. The predicted molar refractivity (Wildman–Crippen MR) is 128 cm³/mol. The lowest BCUT2D eigenvalue weighted by Gasteiger charge is -2.10. The fraction of sp³-hybridized carbons (Fsp3) is 0.0417. The van der Waals surface area contributed by atoms with Crippen LogP contribution in [0.5, 0.6) is 0 Å². The first-order valence-electron chi connectivity index (χ1n) is 10.0. The Hall–Kier alpha value is -4.44. The van der Waals surface area contributed by atoms with Gasteiger partial charge in [-0.1, -0.05) is 12.1 Å². The molecule has 1 heterocycles. The fourth-order valence-electron chi connectivity index (χ4n) is 3.35. The smallest absolute Gasteiger partial charge is 0.341 e. The number of hydrogen-bond donors (Lipinski definition) is 4. The van der Waals surface area contributed by atoms with Gasteiger partial charge in [-0.2, -0.15) is 0 Å². The number of carboxylic acid groups (broad SMARTS) is 1. The summed E-state index contributed by atoms with van der Waals surface area (Å²) in [7, 11) is -4.09. The maximum Gasteiger partial charge on any atom is 0.341 e. The van der Waals surface area contributed by atoms with E-state index in [-0.39, 0.29) is 21.9 Å². The summed E-state index contributed by atoms with van der Waals surface area (Å²) in [5.41, 5.74) is 1.21. The van der Waals surface area contributed by atoms with Crippen molar-refractivity contribution in [3.63, 3.8) is 0 Å². The zero-order chi connectivity index (χ0) is 24.5. The molecule has 0 bridgehead atoms. The Kier molecular flexibility index (Phi) is 5.91. The third-order valence-electron chi connectivity index (χ3n) is 5.07. The van der Waals surface area contributed by atoms with E-state index in [1.807, 2.05) is 25.1 Å². The quantitative estimate of drug-likeness (QED) is 0.334.